The zero-order valence-electron chi connectivity index (χ0n) is 17.7. The smallest absolute Gasteiger partial charge is 0.230 e. The number of carbonyl (C=O) groups is 3. The van der Waals surface area contributed by atoms with Crippen molar-refractivity contribution in [2.75, 3.05) is 0 Å². The number of fused-ring (bicyclic) bond motifs is 3. The van der Waals surface area contributed by atoms with Crippen LogP contribution in [0.3, 0.4) is 0 Å². The third-order valence-corrected chi connectivity index (χ3v) is 8.35. The van der Waals surface area contributed by atoms with E-state index in [2.05, 4.69) is 0 Å². The van der Waals surface area contributed by atoms with Gasteiger partial charge >= 0.3 is 0 Å². The lowest BCUT2D eigenvalue weighted by Crippen LogP contribution is -2.63. The summed E-state index contributed by atoms with van der Waals surface area (Å²) in [6.45, 7) is 1.96. The number of aromatic hydroxyl groups is 1. The van der Waals surface area contributed by atoms with Gasteiger partial charge < -0.3 is 26.2 Å². The molecule has 1 aromatic carbocycles. The quantitative estimate of drug-likeness (QED) is 0.419. The molecule has 8 nitrogen and oxygen atoms in total. The standard InChI is InChI=1S/C24H23NO7S/c1-9-4-16(33-8-9)12-2-3-14(26)18-13(12)6-10-5-11-7-15(27)19(23(25)31)22(30)24(11,32)21(29)17(10)20(18)28/h2-4,8,10-11,15,19,26-27,29,32H,5-7H2,1H3,(H2,25,31)/t10-,11+,15?,19?,24+/m1/s1. The van der Waals surface area contributed by atoms with Gasteiger partial charge in [0, 0.05) is 16.4 Å². The van der Waals surface area contributed by atoms with Gasteiger partial charge in [0.25, 0.3) is 0 Å². The Morgan fingerprint density at radius 2 is 1.94 bits per heavy atom. The summed E-state index contributed by atoms with van der Waals surface area (Å²) >= 11 is 1.52. The summed E-state index contributed by atoms with van der Waals surface area (Å²) in [5.74, 6) is -7.02. The monoisotopic (exact) mass is 469 g/mol. The summed E-state index contributed by atoms with van der Waals surface area (Å²) in [5.41, 5.74) is 5.19. The van der Waals surface area contributed by atoms with Crippen LogP contribution < -0.4 is 5.73 Å². The van der Waals surface area contributed by atoms with Gasteiger partial charge in [0.1, 0.15) is 17.4 Å². The highest BCUT2D eigenvalue weighted by Crippen LogP contribution is 2.52. The first-order chi connectivity index (χ1) is 15.6. The number of hydrogen-bond donors (Lipinski definition) is 5. The highest BCUT2D eigenvalue weighted by Gasteiger charge is 2.62. The van der Waals surface area contributed by atoms with Gasteiger partial charge in [0.05, 0.1) is 11.7 Å². The van der Waals surface area contributed by atoms with Gasteiger partial charge in [-0.15, -0.1) is 11.3 Å². The van der Waals surface area contributed by atoms with E-state index in [0.717, 1.165) is 16.0 Å². The lowest BCUT2D eigenvalue weighted by Gasteiger charge is -2.48. The highest BCUT2D eigenvalue weighted by molar-refractivity contribution is 7.13. The van der Waals surface area contributed by atoms with E-state index in [1.807, 2.05) is 18.4 Å². The zero-order chi connectivity index (χ0) is 23.8. The SMILES string of the molecule is Cc1csc(-c2ccc(O)c3c2C[C@H]2C[C@H]4CC(O)C(C(N)=O)C(=O)[C@@]4(O)C(O)=C2C3=O)c1. The second-order valence-corrected chi connectivity index (χ2v) is 10.1. The number of nitrogens with two attached hydrogens (primary N) is 1. The number of rotatable bonds is 2. The third-order valence-electron chi connectivity index (χ3n) is 7.27. The van der Waals surface area contributed by atoms with Crippen molar-refractivity contribution < 1.29 is 34.8 Å². The van der Waals surface area contributed by atoms with Gasteiger partial charge in [-0.3, -0.25) is 14.4 Å². The number of amides is 1. The fraction of sp³-hybridized carbons (Fsp3) is 0.375. The summed E-state index contributed by atoms with van der Waals surface area (Å²) in [5, 5.41) is 45.2. The molecule has 1 heterocycles. The largest absolute Gasteiger partial charge is 0.508 e. The number of aryl methyl sites for hydroxylation is 1. The maximum Gasteiger partial charge on any atom is 0.230 e. The summed E-state index contributed by atoms with van der Waals surface area (Å²) in [7, 11) is 0. The maximum atomic E-state index is 13.5. The van der Waals surface area contributed by atoms with Crippen LogP contribution in [0.15, 0.2) is 34.9 Å². The molecular formula is C24H23NO7S. The van der Waals surface area contributed by atoms with Crippen molar-refractivity contribution in [3.8, 4) is 16.2 Å². The minimum Gasteiger partial charge on any atom is -0.508 e. The van der Waals surface area contributed by atoms with Crippen molar-refractivity contribution in [3.63, 3.8) is 0 Å². The first kappa shape index (κ1) is 21.8. The van der Waals surface area contributed by atoms with E-state index in [-0.39, 0.29) is 29.7 Å². The van der Waals surface area contributed by atoms with Crippen LogP contribution >= 0.6 is 11.3 Å². The van der Waals surface area contributed by atoms with E-state index in [1.54, 1.807) is 6.07 Å². The van der Waals surface area contributed by atoms with E-state index < -0.39 is 52.7 Å². The van der Waals surface area contributed by atoms with Crippen LogP contribution in [-0.4, -0.2) is 49.6 Å². The molecule has 3 aliphatic carbocycles. The van der Waals surface area contributed by atoms with Gasteiger partial charge in [-0.2, -0.15) is 0 Å². The van der Waals surface area contributed by atoms with Gasteiger partial charge in [0.15, 0.2) is 17.2 Å². The molecule has 2 unspecified atom stereocenters. The summed E-state index contributed by atoms with van der Waals surface area (Å²) < 4.78 is 0. The molecule has 0 radical (unpaired) electrons. The molecule has 5 atom stereocenters. The van der Waals surface area contributed by atoms with Crippen molar-refractivity contribution in [3.05, 3.63) is 51.6 Å². The summed E-state index contributed by atoms with van der Waals surface area (Å²) in [6.07, 6.45) is -1.05. The number of aliphatic hydroxyl groups excluding tert-OH is 2. The van der Waals surface area contributed by atoms with Crippen LogP contribution in [0.2, 0.25) is 0 Å². The minimum absolute atomic E-state index is 0.0353. The molecule has 3 aliphatic rings. The number of Topliss-reactive ketones (excluding diaryl/α,β-unsaturated/α-hetero) is 2. The topological polar surface area (TPSA) is 158 Å². The summed E-state index contributed by atoms with van der Waals surface area (Å²) in [6, 6.07) is 5.17. The van der Waals surface area contributed by atoms with Crippen molar-refractivity contribution in [2.45, 2.75) is 37.9 Å². The second kappa shape index (κ2) is 7.24. The predicted molar refractivity (Wildman–Crippen MR) is 119 cm³/mol. The number of ketones is 2. The molecule has 1 aromatic heterocycles. The molecular weight excluding hydrogens is 446 g/mol. The Morgan fingerprint density at radius 3 is 2.58 bits per heavy atom. The van der Waals surface area contributed by atoms with Crippen molar-refractivity contribution in [2.24, 2.45) is 23.5 Å². The Labute approximate surface area is 193 Å². The number of aliphatic hydroxyl groups is 3. The first-order valence-electron chi connectivity index (χ1n) is 10.7. The average Bonchev–Trinajstić information content (AvgIpc) is 3.16. The molecule has 1 amide bonds. The Balaban J connectivity index is 1.68. The second-order valence-electron chi connectivity index (χ2n) is 9.21. The van der Waals surface area contributed by atoms with Gasteiger partial charge in [0.2, 0.25) is 5.91 Å². The molecule has 9 heteroatoms. The molecule has 33 heavy (non-hydrogen) atoms. The van der Waals surface area contributed by atoms with Crippen LogP contribution in [0.4, 0.5) is 0 Å². The van der Waals surface area contributed by atoms with Crippen molar-refractivity contribution in [1.82, 2.24) is 0 Å². The Hall–Kier alpha value is -3.01. The minimum atomic E-state index is -2.49. The number of allylic oxidation sites excluding steroid dienone is 1. The Bertz CT molecular complexity index is 1260. The first-order valence-corrected chi connectivity index (χ1v) is 11.6. The van der Waals surface area contributed by atoms with Crippen LogP contribution in [0.1, 0.15) is 34.3 Å². The molecule has 1 fully saturated rings. The van der Waals surface area contributed by atoms with Crippen LogP contribution in [0.5, 0.6) is 5.75 Å². The number of phenols is 1. The van der Waals surface area contributed by atoms with E-state index >= 15 is 0 Å². The fourth-order valence-electron chi connectivity index (χ4n) is 5.73. The normalized spacial score (nSPS) is 31.1. The number of carbonyl (C=O) groups excluding carboxylic acids is 3. The molecule has 1 saturated carbocycles. The van der Waals surface area contributed by atoms with E-state index in [4.69, 9.17) is 5.73 Å². The Kier molecular flexibility index (Phi) is 4.79. The van der Waals surface area contributed by atoms with E-state index in [0.29, 0.717) is 12.0 Å². The lowest BCUT2D eigenvalue weighted by molar-refractivity contribution is -0.167. The average molecular weight is 470 g/mol. The number of benzene rings is 1. The lowest BCUT2D eigenvalue weighted by atomic mass is 9.57. The van der Waals surface area contributed by atoms with Crippen LogP contribution in [0.25, 0.3) is 10.4 Å². The van der Waals surface area contributed by atoms with Crippen molar-refractivity contribution >= 4 is 28.8 Å². The fourth-order valence-corrected chi connectivity index (χ4v) is 6.68. The number of phenolic OH excluding ortho intramolecular Hbond substituents is 1. The van der Waals surface area contributed by atoms with Crippen molar-refractivity contribution in [1.29, 1.82) is 0 Å². The van der Waals surface area contributed by atoms with Gasteiger partial charge in [-0.05, 0) is 72.4 Å². The molecule has 6 N–H and O–H groups in total. The predicted octanol–water partition coefficient (Wildman–Crippen LogP) is 1.78. The number of primary amides is 1. The number of thiophene rings is 1. The molecule has 0 spiro atoms. The summed E-state index contributed by atoms with van der Waals surface area (Å²) in [4.78, 5) is 39.3. The molecule has 0 aliphatic heterocycles. The highest BCUT2D eigenvalue weighted by atomic mass is 32.1. The maximum absolute atomic E-state index is 13.5. The van der Waals surface area contributed by atoms with E-state index in [1.165, 1.54) is 17.4 Å². The van der Waals surface area contributed by atoms with Gasteiger partial charge in [-0.25, -0.2) is 0 Å². The van der Waals surface area contributed by atoms with Crippen LogP contribution in [0, 0.1) is 24.7 Å². The number of hydrogen-bond acceptors (Lipinski definition) is 8. The third kappa shape index (κ3) is 2.92. The molecule has 2 aromatic rings. The molecule has 172 valence electrons. The van der Waals surface area contributed by atoms with E-state index in [9.17, 15) is 34.8 Å². The van der Waals surface area contributed by atoms with Gasteiger partial charge in [-0.1, -0.05) is 0 Å². The Morgan fingerprint density at radius 1 is 1.21 bits per heavy atom. The molecule has 0 saturated heterocycles. The molecule has 5 rings (SSSR count). The van der Waals surface area contributed by atoms with Crippen LogP contribution in [-0.2, 0) is 16.0 Å². The zero-order valence-corrected chi connectivity index (χ0v) is 18.6. The molecule has 0 bridgehead atoms.